The predicted octanol–water partition coefficient (Wildman–Crippen LogP) is 14.5. The van der Waals surface area contributed by atoms with Gasteiger partial charge >= 0.3 is 36.1 Å². The Morgan fingerprint density at radius 1 is 0.500 bits per heavy atom. The number of carboxylic acid groups (broad SMARTS) is 1. The summed E-state index contributed by atoms with van der Waals surface area (Å²) in [4.78, 5) is 103. The van der Waals surface area contributed by atoms with Gasteiger partial charge in [-0.15, -0.1) is 19.7 Å². The van der Waals surface area contributed by atoms with Gasteiger partial charge in [0, 0.05) is 52.2 Å². The Labute approximate surface area is 644 Å². The molecule has 0 unspecified atom stereocenters. The second kappa shape index (κ2) is 35.0. The largest absolute Gasteiger partial charge is 0.480 e. The highest BCUT2D eigenvalue weighted by Gasteiger charge is 2.63. The van der Waals surface area contributed by atoms with Gasteiger partial charge in [-0.2, -0.15) is 0 Å². The van der Waals surface area contributed by atoms with Crippen molar-refractivity contribution in [1.82, 2.24) is 25.8 Å². The number of benzene rings is 6. The normalized spacial score (nSPS) is 22.4. The molecule has 3 fully saturated rings. The van der Waals surface area contributed by atoms with Gasteiger partial charge in [0.05, 0.1) is 39.0 Å². The minimum atomic E-state index is -1.17. The molecule has 0 radical (unpaired) electrons. The fourth-order valence-electron chi connectivity index (χ4n) is 12.7. The zero-order chi connectivity index (χ0) is 78.6. The summed E-state index contributed by atoms with van der Waals surface area (Å²) in [6, 6.07) is 35.7. The number of amides is 4. The van der Waals surface area contributed by atoms with Crippen LogP contribution in [0.15, 0.2) is 165 Å². The quantitative estimate of drug-likeness (QED) is 0.0269. The van der Waals surface area contributed by atoms with E-state index in [9.17, 15) is 43.5 Å². The number of hydrogen-bond acceptors (Lipinski definition) is 18. The molecule has 26 heteroatoms. The van der Waals surface area contributed by atoms with Crippen molar-refractivity contribution in [2.24, 2.45) is 23.5 Å². The first-order chi connectivity index (χ1) is 51.2. The van der Waals surface area contributed by atoms with Crippen LogP contribution in [-0.2, 0) is 91.3 Å². The van der Waals surface area contributed by atoms with Gasteiger partial charge < -0.3 is 64.7 Å². The Hall–Kier alpha value is -9.91. The van der Waals surface area contributed by atoms with Crippen LogP contribution >= 0.6 is 34.8 Å². The molecule has 6 aromatic carbocycles. The van der Waals surface area contributed by atoms with Crippen LogP contribution in [-0.4, -0.2) is 129 Å². The smallest absolute Gasteiger partial charge is 0.411 e. The lowest BCUT2D eigenvalue weighted by Gasteiger charge is -2.37. The number of nitrogens with zero attached hydrogens (tertiary/aromatic N) is 2. The molecule has 0 bridgehead atoms. The lowest BCUT2D eigenvalue weighted by atomic mass is 9.93. The Kier molecular flexibility index (Phi) is 26.6. The molecule has 0 aromatic heterocycles. The molecule has 0 spiro atoms. The molecule has 6 N–H and O–H groups in total. The van der Waals surface area contributed by atoms with E-state index >= 15 is 0 Å². The molecule has 3 aliphatic heterocycles. The number of rotatable bonds is 20. The van der Waals surface area contributed by atoms with Gasteiger partial charge in [0.2, 0.25) is 11.8 Å². The molecule has 12 rings (SSSR count). The van der Waals surface area contributed by atoms with Crippen LogP contribution in [0, 0.1) is 17.8 Å². The number of esters is 3. The van der Waals surface area contributed by atoms with E-state index in [1.807, 2.05) is 54.6 Å². The maximum atomic E-state index is 13.7. The van der Waals surface area contributed by atoms with E-state index in [2.05, 4.69) is 35.7 Å². The summed E-state index contributed by atoms with van der Waals surface area (Å²) in [6.07, 6.45) is 6.27. The van der Waals surface area contributed by atoms with Crippen LogP contribution in [0.4, 0.5) is 9.59 Å². The fraction of sp³-hybridized carbons (Fsp3) is 0.390. The van der Waals surface area contributed by atoms with Crippen molar-refractivity contribution in [3.8, 4) is 34.5 Å². The first-order valence-electron chi connectivity index (χ1n) is 35.6. The van der Waals surface area contributed by atoms with Gasteiger partial charge in [0.25, 0.3) is 0 Å². The van der Waals surface area contributed by atoms with E-state index in [1.54, 1.807) is 153 Å². The molecular weight excluding hydrogens is 1450 g/mol. The molecule has 9 atom stereocenters. The Morgan fingerprint density at radius 3 is 1.24 bits per heavy atom. The van der Waals surface area contributed by atoms with Gasteiger partial charge in [-0.3, -0.25) is 24.2 Å². The molecule has 3 heterocycles. The lowest BCUT2D eigenvalue weighted by Crippen LogP contribution is -2.57. The Morgan fingerprint density at radius 2 is 0.870 bits per heavy atom. The number of carbonyl (C=O) groups is 8. The molecule has 23 nitrogen and oxygen atoms in total. The third-order valence-electron chi connectivity index (χ3n) is 18.6. The lowest BCUT2D eigenvalue weighted by molar-refractivity contribution is -0.150. The third kappa shape index (κ3) is 20.9. The average Bonchev–Trinajstić information content (AvgIpc) is 1.58. The van der Waals surface area contributed by atoms with E-state index in [0.29, 0.717) is 88.4 Å². The molecule has 6 aromatic rings. The number of fused-ring (bicyclic) bond motifs is 3. The van der Waals surface area contributed by atoms with Crippen LogP contribution in [0.5, 0.6) is 34.5 Å². The van der Waals surface area contributed by atoms with Gasteiger partial charge in [-0.25, -0.2) is 24.0 Å². The van der Waals surface area contributed by atoms with E-state index in [4.69, 9.17) is 78.4 Å². The zero-order valence-electron chi connectivity index (χ0n) is 62.0. The number of nitrogens with two attached hydrogens (primary N) is 1. The number of carboxylic acids is 1. The predicted molar refractivity (Wildman–Crippen MR) is 408 cm³/mol. The fourth-order valence-corrected chi connectivity index (χ4v) is 13.2. The minimum Gasteiger partial charge on any atom is -0.480 e. The molecule has 108 heavy (non-hydrogen) atoms. The first-order valence-corrected chi connectivity index (χ1v) is 36.7. The van der Waals surface area contributed by atoms with E-state index in [1.165, 1.54) is 9.80 Å². The summed E-state index contributed by atoms with van der Waals surface area (Å²) in [7, 11) is 0. The Bertz CT molecular complexity index is 4390. The van der Waals surface area contributed by atoms with Crippen molar-refractivity contribution in [2.75, 3.05) is 19.8 Å². The van der Waals surface area contributed by atoms with Crippen molar-refractivity contribution < 1.29 is 81.4 Å². The van der Waals surface area contributed by atoms with Gasteiger partial charge in [-0.1, -0.05) is 89.4 Å². The molecule has 6 aliphatic rings. The molecular formula is C82H93Cl3N6O17. The Balaban J connectivity index is 0.000000176. The average molecular weight is 1540 g/mol. The second-order valence-corrected chi connectivity index (χ2v) is 30.2. The van der Waals surface area contributed by atoms with Gasteiger partial charge in [-0.05, 0) is 212 Å². The van der Waals surface area contributed by atoms with Crippen molar-refractivity contribution in [1.29, 1.82) is 0 Å². The van der Waals surface area contributed by atoms with Crippen LogP contribution in [0.25, 0.3) is 0 Å². The summed E-state index contributed by atoms with van der Waals surface area (Å²) in [6.45, 7) is 28.6. The highest BCUT2D eigenvalue weighted by molar-refractivity contribution is 6.31. The number of halogens is 3. The summed E-state index contributed by atoms with van der Waals surface area (Å²) >= 11 is 18.1. The van der Waals surface area contributed by atoms with Gasteiger partial charge in [0.15, 0.2) is 0 Å². The summed E-state index contributed by atoms with van der Waals surface area (Å²) < 4.78 is 43.9. The van der Waals surface area contributed by atoms with Crippen LogP contribution in [0.2, 0.25) is 15.1 Å². The molecule has 3 aliphatic carbocycles. The zero-order valence-corrected chi connectivity index (χ0v) is 64.3. The third-order valence-corrected chi connectivity index (χ3v) is 19.3. The second-order valence-electron chi connectivity index (χ2n) is 28.9. The van der Waals surface area contributed by atoms with E-state index in [-0.39, 0.29) is 68.8 Å². The van der Waals surface area contributed by atoms with Crippen LogP contribution in [0.1, 0.15) is 115 Å². The van der Waals surface area contributed by atoms with Gasteiger partial charge in [0.1, 0.15) is 74.4 Å². The molecule has 0 saturated heterocycles. The number of aliphatic carboxylic acids is 1. The van der Waals surface area contributed by atoms with Crippen LogP contribution < -0.4 is 35.9 Å². The number of nitrogens with one attached hydrogen (secondary N) is 3. The van der Waals surface area contributed by atoms with E-state index < -0.39 is 81.9 Å². The minimum absolute atomic E-state index is 0.107. The monoisotopic (exact) mass is 1540 g/mol. The highest BCUT2D eigenvalue weighted by atomic mass is 35.5. The van der Waals surface area contributed by atoms with E-state index in [0.717, 1.165) is 33.4 Å². The van der Waals surface area contributed by atoms with Crippen molar-refractivity contribution in [3.05, 3.63) is 214 Å². The maximum absolute atomic E-state index is 13.7. The summed E-state index contributed by atoms with van der Waals surface area (Å²) in [5.41, 5.74) is 6.87. The maximum Gasteiger partial charge on any atom is 0.411 e. The standard InChI is InChI=1S/C29H33ClN2O6.C24H25ClN2O4.C21H22ClNO5.C8H13NO2/c1-6-20-16-29(20,26(34)36-7-2)31-25(33)24-14-19-13-23(37-22-10-8-9-21(30)15-22)12-11-18(19)17-32(24)27(35)38-28(3,4)5;1-3-17-13-24(17,23(29)30-4-2)27-22(28)21-11-16-10-20(9-8-15(16)14-26-21)31-19-7-5-6-18(25)12-19;1-21(2,3)28-20(26)23-12-13-7-8-17(9-14(13)10-18(23)19(24)25)27-16-6-4-5-15(22)11-16;1-3-6-5-8(6,9)7(10)11-4-2/h6,8-13,15,20,24H,1,7,14,16-17H2,2-5H3,(H,31,33);3,5-10,12,17,21,26H,1,4,11,13-14H2,2H3,(H,27,28);4-9,11,18H,10,12H2,1-3H3,(H,24,25);3,6H,1,4-5,9H2,2H3/t20-,24+,29-;17-,21+,24-;18-;6-,8-/m1101/s1. The SMILES string of the molecule is C=C[C@@H]1C[C@]1(N)C(=O)OCC.C=C[C@@H]1C[C@]1(NC(=O)[C@@H]1Cc2cc(Oc3cccc(Cl)c3)ccc2CN1)C(=O)OCC.C=C[C@@H]1C[C@]1(NC(=O)[C@@H]1Cc2cc(Oc3cccc(Cl)c3)ccc2CN1C(=O)OC(C)(C)C)C(=O)OCC.CC(C)(C)OC(=O)N1Cc2ccc(Oc3cccc(Cl)c3)cc2C[C@H]1C(=O)O. The van der Waals surface area contributed by atoms with Crippen LogP contribution in [0.3, 0.4) is 0 Å². The summed E-state index contributed by atoms with van der Waals surface area (Å²) in [5.74, 6) is 0.467. The van der Waals surface area contributed by atoms with Crippen molar-refractivity contribution in [2.45, 2.75) is 166 Å². The molecule has 574 valence electrons. The molecule has 4 amide bonds. The molecule has 3 saturated carbocycles. The number of ether oxygens (including phenoxy) is 8. The summed E-state index contributed by atoms with van der Waals surface area (Å²) in [5, 5.41) is 20.4. The topological polar surface area (TPSA) is 299 Å². The number of carbonyl (C=O) groups excluding carboxylic acids is 7. The van der Waals surface area contributed by atoms with Crippen molar-refractivity contribution >= 4 is 82.7 Å². The highest BCUT2D eigenvalue weighted by Crippen LogP contribution is 2.48. The first kappa shape index (κ1) is 82.2. The van der Waals surface area contributed by atoms with Crippen molar-refractivity contribution in [3.63, 3.8) is 0 Å². The number of hydrogen-bond donors (Lipinski definition) is 5.